The fraction of sp³-hybridized carbons (Fsp3) is 0.538. The van der Waals surface area contributed by atoms with Crippen molar-refractivity contribution in [1.29, 1.82) is 0 Å². The van der Waals surface area contributed by atoms with E-state index in [1.807, 2.05) is 0 Å². The highest BCUT2D eigenvalue weighted by atomic mass is 16.6. The van der Waals surface area contributed by atoms with Crippen LogP contribution < -0.4 is 10.1 Å². The molecule has 0 bridgehead atoms. The predicted octanol–water partition coefficient (Wildman–Crippen LogP) is 3.60. The smallest absolute Gasteiger partial charge is 0.275 e. The second kappa shape index (κ2) is 7.53. The first kappa shape index (κ1) is 14.3. The van der Waals surface area contributed by atoms with Crippen LogP contribution in [0.2, 0.25) is 0 Å². The van der Waals surface area contributed by atoms with Crippen LogP contribution in [0.15, 0.2) is 18.2 Å². The van der Waals surface area contributed by atoms with E-state index in [-0.39, 0.29) is 5.69 Å². The third-order valence-corrected chi connectivity index (χ3v) is 2.70. The summed E-state index contributed by atoms with van der Waals surface area (Å²) < 4.78 is 5.05. The van der Waals surface area contributed by atoms with E-state index in [0.717, 1.165) is 18.7 Å². The Kier molecular flexibility index (Phi) is 5.97. The first-order chi connectivity index (χ1) is 8.67. The molecule has 0 saturated heterocycles. The summed E-state index contributed by atoms with van der Waals surface area (Å²) in [6, 6.07) is 4.72. The number of nitro groups is 1. The third-order valence-electron chi connectivity index (χ3n) is 2.70. The molecular weight excluding hydrogens is 232 g/mol. The van der Waals surface area contributed by atoms with Crippen LogP contribution in [0.5, 0.6) is 5.75 Å². The number of rotatable bonds is 8. The van der Waals surface area contributed by atoms with E-state index in [9.17, 15) is 10.1 Å². The number of ether oxygens (including phenoxy) is 1. The highest BCUT2D eigenvalue weighted by Crippen LogP contribution is 2.25. The first-order valence-electron chi connectivity index (χ1n) is 6.24. The largest absolute Gasteiger partial charge is 0.496 e. The lowest BCUT2D eigenvalue weighted by Gasteiger charge is -2.08. The first-order valence-corrected chi connectivity index (χ1v) is 6.24. The average Bonchev–Trinajstić information content (AvgIpc) is 2.38. The molecule has 5 heteroatoms. The summed E-state index contributed by atoms with van der Waals surface area (Å²) in [6.45, 7) is 2.99. The van der Waals surface area contributed by atoms with E-state index >= 15 is 0 Å². The maximum Gasteiger partial charge on any atom is 0.275 e. The van der Waals surface area contributed by atoms with Gasteiger partial charge in [0.05, 0.1) is 18.1 Å². The summed E-state index contributed by atoms with van der Waals surface area (Å²) >= 11 is 0. The van der Waals surface area contributed by atoms with Crippen molar-refractivity contribution in [3.05, 3.63) is 28.3 Å². The molecule has 1 rings (SSSR count). The molecule has 0 spiro atoms. The molecule has 0 aliphatic rings. The zero-order valence-electron chi connectivity index (χ0n) is 10.9. The molecule has 0 heterocycles. The van der Waals surface area contributed by atoms with Gasteiger partial charge in [0.25, 0.3) is 5.69 Å². The lowest BCUT2D eigenvalue weighted by atomic mass is 10.2. The van der Waals surface area contributed by atoms with Gasteiger partial charge < -0.3 is 10.1 Å². The van der Waals surface area contributed by atoms with Gasteiger partial charge in [0.1, 0.15) is 5.75 Å². The number of benzene rings is 1. The molecule has 1 aromatic carbocycles. The monoisotopic (exact) mass is 252 g/mol. The van der Waals surface area contributed by atoms with Gasteiger partial charge in [0.2, 0.25) is 0 Å². The molecule has 1 aromatic rings. The maximum atomic E-state index is 10.8. The van der Waals surface area contributed by atoms with Gasteiger partial charge >= 0.3 is 0 Å². The summed E-state index contributed by atoms with van der Waals surface area (Å²) in [4.78, 5) is 10.3. The van der Waals surface area contributed by atoms with E-state index in [1.165, 1.54) is 38.5 Å². The summed E-state index contributed by atoms with van der Waals surface area (Å²) in [5, 5.41) is 13.9. The van der Waals surface area contributed by atoms with Crippen molar-refractivity contribution in [3.8, 4) is 5.75 Å². The predicted molar refractivity (Wildman–Crippen MR) is 72.3 cm³/mol. The minimum Gasteiger partial charge on any atom is -0.496 e. The standard InChI is InChI=1S/C13H20N2O3/c1-3-4-5-6-7-14-11-8-12(15(16)17)10-13(9-11)18-2/h8-10,14H,3-7H2,1-2H3. The van der Waals surface area contributed by atoms with Crippen molar-refractivity contribution in [2.75, 3.05) is 19.0 Å². The number of unbranched alkanes of at least 4 members (excludes halogenated alkanes) is 3. The number of nitro benzene ring substituents is 1. The quantitative estimate of drug-likeness (QED) is 0.436. The van der Waals surface area contributed by atoms with E-state index in [4.69, 9.17) is 4.74 Å². The summed E-state index contributed by atoms with van der Waals surface area (Å²) in [5.41, 5.74) is 0.781. The number of non-ortho nitro benzene ring substituents is 1. The maximum absolute atomic E-state index is 10.8. The molecule has 0 aromatic heterocycles. The van der Waals surface area contributed by atoms with Crippen molar-refractivity contribution >= 4 is 11.4 Å². The molecule has 100 valence electrons. The minimum atomic E-state index is -0.412. The van der Waals surface area contributed by atoms with Crippen molar-refractivity contribution in [1.82, 2.24) is 0 Å². The van der Waals surface area contributed by atoms with Crippen LogP contribution in [-0.4, -0.2) is 18.6 Å². The fourth-order valence-corrected chi connectivity index (χ4v) is 1.69. The van der Waals surface area contributed by atoms with Crippen LogP contribution in [0.25, 0.3) is 0 Å². The molecule has 0 atom stereocenters. The lowest BCUT2D eigenvalue weighted by molar-refractivity contribution is -0.384. The summed E-state index contributed by atoms with van der Waals surface area (Å²) in [6.07, 6.45) is 4.67. The molecule has 0 amide bonds. The van der Waals surface area contributed by atoms with Crippen molar-refractivity contribution in [3.63, 3.8) is 0 Å². The molecule has 1 N–H and O–H groups in total. The van der Waals surface area contributed by atoms with Crippen molar-refractivity contribution in [2.45, 2.75) is 32.6 Å². The number of hydrogen-bond acceptors (Lipinski definition) is 4. The number of nitrogens with zero attached hydrogens (tertiary/aromatic N) is 1. The highest BCUT2D eigenvalue weighted by Gasteiger charge is 2.09. The third kappa shape index (κ3) is 4.61. The topological polar surface area (TPSA) is 64.4 Å². The zero-order valence-corrected chi connectivity index (χ0v) is 10.9. The number of anilines is 1. The van der Waals surface area contributed by atoms with Crippen LogP contribution in [0, 0.1) is 10.1 Å². The molecule has 0 aliphatic carbocycles. The Morgan fingerprint density at radius 1 is 1.28 bits per heavy atom. The van der Waals surface area contributed by atoms with E-state index in [2.05, 4.69) is 12.2 Å². The normalized spacial score (nSPS) is 10.1. The van der Waals surface area contributed by atoms with Gasteiger partial charge in [0.15, 0.2) is 0 Å². The summed E-state index contributed by atoms with van der Waals surface area (Å²) in [5.74, 6) is 0.500. The van der Waals surface area contributed by atoms with Crippen LogP contribution in [0.4, 0.5) is 11.4 Å². The number of hydrogen-bond donors (Lipinski definition) is 1. The molecule has 18 heavy (non-hydrogen) atoms. The lowest BCUT2D eigenvalue weighted by Crippen LogP contribution is -2.02. The molecule has 0 radical (unpaired) electrons. The van der Waals surface area contributed by atoms with Gasteiger partial charge in [-0.1, -0.05) is 26.2 Å². The van der Waals surface area contributed by atoms with Gasteiger partial charge in [-0.2, -0.15) is 0 Å². The average molecular weight is 252 g/mol. The molecular formula is C13H20N2O3. The van der Waals surface area contributed by atoms with Crippen molar-refractivity contribution < 1.29 is 9.66 Å². The van der Waals surface area contributed by atoms with Gasteiger partial charge in [-0.25, -0.2) is 0 Å². The van der Waals surface area contributed by atoms with E-state index in [0.29, 0.717) is 5.75 Å². The highest BCUT2D eigenvalue weighted by molar-refractivity contribution is 5.56. The van der Waals surface area contributed by atoms with Gasteiger partial charge in [0, 0.05) is 24.4 Å². The van der Waals surface area contributed by atoms with Crippen LogP contribution in [0.1, 0.15) is 32.6 Å². The molecule has 0 saturated carbocycles. The van der Waals surface area contributed by atoms with Crippen LogP contribution >= 0.6 is 0 Å². The Labute approximate surface area is 107 Å². The Balaban J connectivity index is 2.58. The van der Waals surface area contributed by atoms with Crippen molar-refractivity contribution in [2.24, 2.45) is 0 Å². The fourth-order valence-electron chi connectivity index (χ4n) is 1.69. The van der Waals surface area contributed by atoms with Gasteiger partial charge in [-0.3, -0.25) is 10.1 Å². The Hall–Kier alpha value is -1.78. The number of methoxy groups -OCH3 is 1. The molecule has 5 nitrogen and oxygen atoms in total. The molecule has 0 unspecified atom stereocenters. The molecule has 0 aliphatic heterocycles. The molecule has 0 fully saturated rings. The second-order valence-electron chi connectivity index (χ2n) is 4.16. The Morgan fingerprint density at radius 3 is 2.67 bits per heavy atom. The van der Waals surface area contributed by atoms with E-state index < -0.39 is 4.92 Å². The number of nitrogens with one attached hydrogen (secondary N) is 1. The van der Waals surface area contributed by atoms with Crippen LogP contribution in [-0.2, 0) is 0 Å². The summed E-state index contributed by atoms with van der Waals surface area (Å²) in [7, 11) is 1.50. The second-order valence-corrected chi connectivity index (χ2v) is 4.16. The SMILES string of the molecule is CCCCCCNc1cc(OC)cc([N+](=O)[O-])c1. The zero-order chi connectivity index (χ0) is 13.4. The van der Waals surface area contributed by atoms with Gasteiger partial charge in [-0.05, 0) is 6.42 Å². The van der Waals surface area contributed by atoms with Crippen LogP contribution in [0.3, 0.4) is 0 Å². The van der Waals surface area contributed by atoms with E-state index in [1.54, 1.807) is 6.07 Å². The Bertz CT molecular complexity index is 394. The Morgan fingerprint density at radius 2 is 2.06 bits per heavy atom. The minimum absolute atomic E-state index is 0.0467. The van der Waals surface area contributed by atoms with Gasteiger partial charge in [-0.15, -0.1) is 0 Å².